The summed E-state index contributed by atoms with van der Waals surface area (Å²) in [6.07, 6.45) is 0. The molecule has 1 aliphatic rings. The molecule has 136 valence electrons. The third-order valence-corrected chi connectivity index (χ3v) is 6.13. The number of amides is 2. The number of nitrogens with one attached hydrogen (secondary N) is 1. The molecule has 1 aromatic carbocycles. The van der Waals surface area contributed by atoms with Crippen molar-refractivity contribution < 1.29 is 9.59 Å². The van der Waals surface area contributed by atoms with Crippen LogP contribution in [-0.4, -0.2) is 28.2 Å². The van der Waals surface area contributed by atoms with Crippen LogP contribution in [-0.2, 0) is 4.79 Å². The van der Waals surface area contributed by atoms with E-state index in [1.807, 2.05) is 17.5 Å². The van der Waals surface area contributed by atoms with Crippen molar-refractivity contribution in [3.05, 3.63) is 63.2 Å². The van der Waals surface area contributed by atoms with Crippen LogP contribution in [0.15, 0.2) is 42.3 Å². The minimum Gasteiger partial charge on any atom is -0.300 e. The van der Waals surface area contributed by atoms with Crippen molar-refractivity contribution in [2.24, 2.45) is 0 Å². The van der Waals surface area contributed by atoms with Gasteiger partial charge in [0.05, 0.1) is 5.69 Å². The molecule has 0 saturated carbocycles. The van der Waals surface area contributed by atoms with Gasteiger partial charge in [-0.1, -0.05) is 24.8 Å². The molecule has 3 heterocycles. The quantitative estimate of drug-likeness (QED) is 0.705. The molecule has 0 unspecified atom stereocenters. The third kappa shape index (κ3) is 3.20. The Kier molecular flexibility index (Phi) is 4.41. The first-order valence-electron chi connectivity index (χ1n) is 8.37. The number of hydrogen-bond donors (Lipinski definition) is 1. The molecule has 0 saturated heterocycles. The second kappa shape index (κ2) is 6.75. The predicted molar refractivity (Wildman–Crippen MR) is 110 cm³/mol. The van der Waals surface area contributed by atoms with Gasteiger partial charge in [-0.25, -0.2) is 4.98 Å². The fourth-order valence-corrected chi connectivity index (χ4v) is 4.80. The zero-order chi connectivity index (χ0) is 19.1. The van der Waals surface area contributed by atoms with Gasteiger partial charge in [0.2, 0.25) is 5.91 Å². The van der Waals surface area contributed by atoms with E-state index >= 15 is 0 Å². The van der Waals surface area contributed by atoms with Gasteiger partial charge < -0.3 is 5.32 Å². The van der Waals surface area contributed by atoms with E-state index in [0.717, 1.165) is 16.8 Å². The van der Waals surface area contributed by atoms with E-state index in [2.05, 4.69) is 36.8 Å². The first-order valence-corrected chi connectivity index (χ1v) is 10.1. The number of carbonyl (C=O) groups excluding carboxylic acids is 2. The highest BCUT2D eigenvalue weighted by Crippen LogP contribution is 2.33. The maximum atomic E-state index is 12.5. The molecule has 0 bridgehead atoms. The summed E-state index contributed by atoms with van der Waals surface area (Å²) in [5.41, 5.74) is 3.85. The lowest BCUT2D eigenvalue weighted by Gasteiger charge is -2.16. The smallest absolute Gasteiger partial charge is 0.259 e. The lowest BCUT2D eigenvalue weighted by atomic mass is 10.1. The van der Waals surface area contributed by atoms with Gasteiger partial charge >= 0.3 is 0 Å². The van der Waals surface area contributed by atoms with E-state index in [9.17, 15) is 9.59 Å². The number of nitrogens with zero attached hydrogens (tertiary/aromatic N) is 2. The normalized spacial score (nSPS) is 13.2. The van der Waals surface area contributed by atoms with Crippen molar-refractivity contribution in [3.63, 3.8) is 0 Å². The molecule has 0 fully saturated rings. The monoisotopic (exact) mass is 395 g/mol. The van der Waals surface area contributed by atoms with E-state index in [0.29, 0.717) is 16.4 Å². The summed E-state index contributed by atoms with van der Waals surface area (Å²) in [7, 11) is 0. The summed E-state index contributed by atoms with van der Waals surface area (Å²) in [6.45, 7) is 8.00. The second-order valence-electron chi connectivity index (χ2n) is 6.30. The fraction of sp³-hybridized carbons (Fsp3) is 0.150. The molecule has 1 aliphatic heterocycles. The Bertz CT molecular complexity index is 1050. The summed E-state index contributed by atoms with van der Waals surface area (Å²) < 4.78 is 0. The lowest BCUT2D eigenvalue weighted by molar-refractivity contribution is -0.116. The van der Waals surface area contributed by atoms with Gasteiger partial charge in [0.15, 0.2) is 5.13 Å². The van der Waals surface area contributed by atoms with Crippen LogP contribution in [0.5, 0.6) is 0 Å². The molecule has 4 rings (SSSR count). The maximum absolute atomic E-state index is 12.5. The van der Waals surface area contributed by atoms with E-state index in [1.165, 1.54) is 26.0 Å². The van der Waals surface area contributed by atoms with E-state index in [4.69, 9.17) is 0 Å². The minimum atomic E-state index is -0.295. The molecule has 5 nitrogen and oxygen atoms in total. The van der Waals surface area contributed by atoms with Gasteiger partial charge in [0.1, 0.15) is 6.54 Å². The van der Waals surface area contributed by atoms with Crippen molar-refractivity contribution in [2.75, 3.05) is 11.9 Å². The number of thiophene rings is 1. The zero-order valence-electron chi connectivity index (χ0n) is 14.9. The van der Waals surface area contributed by atoms with Gasteiger partial charge in [-0.05, 0) is 26.0 Å². The summed E-state index contributed by atoms with van der Waals surface area (Å²) in [4.78, 5) is 33.3. The maximum Gasteiger partial charge on any atom is 0.259 e. The Balaban J connectivity index is 1.46. The summed E-state index contributed by atoms with van der Waals surface area (Å²) in [6, 6.07) is 9.35. The number of fused-ring (bicyclic) bond motifs is 1. The number of carbonyl (C=O) groups is 2. The molecular formula is C20H17N3O2S2. The van der Waals surface area contributed by atoms with Crippen molar-refractivity contribution in [1.29, 1.82) is 0 Å². The molecule has 0 aliphatic carbocycles. The summed E-state index contributed by atoms with van der Waals surface area (Å²) >= 11 is 3.10. The molecule has 3 aromatic rings. The van der Waals surface area contributed by atoms with Crippen LogP contribution in [0.2, 0.25) is 0 Å². The van der Waals surface area contributed by atoms with E-state index in [-0.39, 0.29) is 18.4 Å². The number of aromatic nitrogens is 1. The first-order chi connectivity index (χ1) is 12.9. The lowest BCUT2D eigenvalue weighted by Crippen LogP contribution is -2.32. The third-order valence-electron chi connectivity index (χ3n) is 4.41. The number of thiazole rings is 1. The number of rotatable bonds is 4. The Morgan fingerprint density at radius 2 is 1.96 bits per heavy atom. The first kappa shape index (κ1) is 17.6. The molecular weight excluding hydrogens is 378 g/mol. The van der Waals surface area contributed by atoms with Gasteiger partial charge in [-0.2, -0.15) is 0 Å². The van der Waals surface area contributed by atoms with Crippen LogP contribution in [0.1, 0.15) is 25.7 Å². The van der Waals surface area contributed by atoms with Crippen LogP contribution < -0.4 is 5.32 Å². The molecule has 0 atom stereocenters. The second-order valence-corrected chi connectivity index (χ2v) is 8.62. The van der Waals surface area contributed by atoms with Crippen LogP contribution in [0.3, 0.4) is 0 Å². The molecule has 1 N–H and O–H groups in total. The largest absolute Gasteiger partial charge is 0.300 e. The molecule has 0 spiro atoms. The zero-order valence-corrected chi connectivity index (χ0v) is 16.5. The van der Waals surface area contributed by atoms with E-state index < -0.39 is 0 Å². The van der Waals surface area contributed by atoms with Crippen molar-refractivity contribution in [2.45, 2.75) is 13.8 Å². The average Bonchev–Trinajstić information content (AvgIpc) is 3.29. The number of anilines is 1. The standard InChI is InChI=1S/C20H17N3O2S2/c1-11-8-16(13(3)27-11)17-10-26-20(21-17)22-18(24)9-23-12(2)14-6-4-5-7-15(14)19(23)25/h4-8,10H,2,9H2,1,3H3,(H,21,22,24). The van der Waals surface area contributed by atoms with Crippen molar-refractivity contribution >= 4 is 45.3 Å². The van der Waals surface area contributed by atoms with Crippen LogP contribution in [0.25, 0.3) is 17.0 Å². The highest BCUT2D eigenvalue weighted by Gasteiger charge is 2.32. The van der Waals surface area contributed by atoms with Gasteiger partial charge in [0, 0.05) is 37.5 Å². The average molecular weight is 396 g/mol. The SMILES string of the molecule is C=C1c2ccccc2C(=O)N1CC(=O)Nc1nc(-c2cc(C)sc2C)cs1. The predicted octanol–water partition coefficient (Wildman–Crippen LogP) is 4.55. The highest BCUT2D eigenvalue weighted by molar-refractivity contribution is 7.14. The van der Waals surface area contributed by atoms with E-state index in [1.54, 1.807) is 23.5 Å². The van der Waals surface area contributed by atoms with Gasteiger partial charge in [-0.3, -0.25) is 14.5 Å². The van der Waals surface area contributed by atoms with Crippen LogP contribution in [0, 0.1) is 13.8 Å². The topological polar surface area (TPSA) is 62.3 Å². The van der Waals surface area contributed by atoms with Gasteiger partial charge in [0.25, 0.3) is 5.91 Å². The van der Waals surface area contributed by atoms with Crippen molar-refractivity contribution in [3.8, 4) is 11.3 Å². The molecule has 0 radical (unpaired) electrons. The Hall–Kier alpha value is -2.77. The molecule has 27 heavy (non-hydrogen) atoms. The molecule has 7 heteroatoms. The molecule has 2 amide bonds. The Morgan fingerprint density at radius 1 is 1.22 bits per heavy atom. The van der Waals surface area contributed by atoms with Crippen molar-refractivity contribution in [1.82, 2.24) is 9.88 Å². The summed E-state index contributed by atoms with van der Waals surface area (Å²) in [5.74, 6) is -0.494. The Morgan fingerprint density at radius 3 is 2.63 bits per heavy atom. The summed E-state index contributed by atoms with van der Waals surface area (Å²) in [5, 5.41) is 5.24. The van der Waals surface area contributed by atoms with Crippen LogP contribution >= 0.6 is 22.7 Å². The number of benzene rings is 1. The minimum absolute atomic E-state index is 0.0855. The van der Waals surface area contributed by atoms with Crippen LogP contribution in [0.4, 0.5) is 5.13 Å². The number of aryl methyl sites for hydroxylation is 2. The fourth-order valence-electron chi connectivity index (χ4n) is 3.14. The van der Waals surface area contributed by atoms with Gasteiger partial charge in [-0.15, -0.1) is 22.7 Å². The highest BCUT2D eigenvalue weighted by atomic mass is 32.1. The number of hydrogen-bond acceptors (Lipinski definition) is 5. The Labute approximate surface area is 165 Å². The molecule has 2 aromatic heterocycles.